The maximum atomic E-state index is 7.89. The molecule has 0 N–H and O–H groups in total. The number of hydrogen-bond donors (Lipinski definition) is 0. The molecule has 8 aliphatic rings. The van der Waals surface area contributed by atoms with Gasteiger partial charge in [0.15, 0.2) is 16.6 Å². The molecule has 0 amide bonds. The minimum Gasteiger partial charge on any atom is -0.455 e. The van der Waals surface area contributed by atoms with Crippen molar-refractivity contribution in [3.63, 3.8) is 0 Å². The van der Waals surface area contributed by atoms with Crippen molar-refractivity contribution in [3.05, 3.63) is 0 Å². The molecule has 8 rings (SSSR count). The van der Waals surface area contributed by atoms with E-state index in [1.54, 1.807) is 0 Å². The summed E-state index contributed by atoms with van der Waals surface area (Å²) in [5, 5.41) is 0. The molecule has 4 aliphatic heterocycles. The Morgan fingerprint density at radius 3 is 1.07 bits per heavy atom. The Morgan fingerprint density at radius 1 is 0.439 bits per heavy atom. The molecule has 7 heteroatoms. The highest BCUT2D eigenvalue weighted by Crippen LogP contribution is 2.48. The fourth-order valence-corrected chi connectivity index (χ4v) is 21.1. The minimum absolute atomic E-state index is 0.601. The molecule has 232 valence electrons. The zero-order valence-corrected chi connectivity index (χ0v) is 28.1. The third kappa shape index (κ3) is 7.22. The van der Waals surface area contributed by atoms with Crippen LogP contribution in [0.15, 0.2) is 0 Å². The molecule has 5 nitrogen and oxygen atoms in total. The van der Waals surface area contributed by atoms with Gasteiger partial charge in [-0.15, -0.1) is 0 Å². The van der Waals surface area contributed by atoms with Crippen LogP contribution in [0.4, 0.5) is 0 Å². The van der Waals surface area contributed by atoms with Gasteiger partial charge in [-0.3, -0.25) is 0 Å². The third-order valence-corrected chi connectivity index (χ3v) is 22.2. The van der Waals surface area contributed by atoms with Crippen LogP contribution in [0, 0.1) is 23.7 Å². The zero-order chi connectivity index (χ0) is 27.6. The number of rotatable bonds is 14. The highest BCUT2D eigenvalue weighted by Gasteiger charge is 2.49. The summed E-state index contributed by atoms with van der Waals surface area (Å²) in [7, 11) is -3.65. The number of hydrogen-bond acceptors (Lipinski definition) is 5. The summed E-state index contributed by atoms with van der Waals surface area (Å²) in [6, 6.07) is 5.60. The first-order valence-corrected chi connectivity index (χ1v) is 23.9. The largest absolute Gasteiger partial charge is 0.455 e. The average molecular weight is 603 g/mol. The fourth-order valence-electron chi connectivity index (χ4n) is 10.1. The SMILES string of the molecule is C[Si](C)(CCC1CCC2OC2C1)O[Si](CCC1CCC2OC2C1)(CCC1CCC2OC2C1)CCC1CCC2OC2C1. The predicted molar refractivity (Wildman–Crippen MR) is 166 cm³/mol. The Bertz CT molecular complexity index is 852. The van der Waals surface area contributed by atoms with Crippen molar-refractivity contribution in [2.45, 2.75) is 189 Å². The molecule has 0 bridgehead atoms. The van der Waals surface area contributed by atoms with E-state index in [2.05, 4.69) is 13.1 Å². The molecule has 8 fully saturated rings. The first kappa shape index (κ1) is 28.7. The van der Waals surface area contributed by atoms with Crippen molar-refractivity contribution >= 4 is 16.6 Å². The van der Waals surface area contributed by atoms with Crippen molar-refractivity contribution < 1.29 is 23.1 Å². The van der Waals surface area contributed by atoms with Gasteiger partial charge in [-0.2, -0.15) is 0 Å². The fraction of sp³-hybridized carbons (Fsp3) is 1.00. The van der Waals surface area contributed by atoms with Gasteiger partial charge in [0.05, 0.1) is 48.8 Å². The molecule has 12 atom stereocenters. The van der Waals surface area contributed by atoms with Crippen LogP contribution in [-0.2, 0) is 23.1 Å². The van der Waals surface area contributed by atoms with Crippen molar-refractivity contribution in [3.8, 4) is 0 Å². The van der Waals surface area contributed by atoms with E-state index in [0.29, 0.717) is 48.8 Å². The lowest BCUT2D eigenvalue weighted by Gasteiger charge is -2.42. The first-order chi connectivity index (χ1) is 19.9. The van der Waals surface area contributed by atoms with Crippen LogP contribution >= 0.6 is 0 Å². The van der Waals surface area contributed by atoms with Crippen LogP contribution < -0.4 is 0 Å². The lowest BCUT2D eigenvalue weighted by molar-refractivity contribution is 0.340. The van der Waals surface area contributed by atoms with Gasteiger partial charge in [0, 0.05) is 0 Å². The molecule has 0 aromatic rings. The lowest BCUT2D eigenvalue weighted by Crippen LogP contribution is -2.49. The summed E-state index contributed by atoms with van der Waals surface area (Å²) in [5.41, 5.74) is 0. The normalized spacial score (nSPS) is 47.3. The molecule has 0 radical (unpaired) electrons. The molecular formula is C34H58O5Si2. The van der Waals surface area contributed by atoms with Gasteiger partial charge >= 0.3 is 0 Å². The van der Waals surface area contributed by atoms with Crippen LogP contribution in [0.5, 0.6) is 0 Å². The second kappa shape index (κ2) is 11.5. The topological polar surface area (TPSA) is 59.4 Å². The summed E-state index contributed by atoms with van der Waals surface area (Å²) < 4.78 is 31.6. The van der Waals surface area contributed by atoms with Gasteiger partial charge in [0.2, 0.25) is 0 Å². The summed E-state index contributed by atoms with van der Waals surface area (Å²) in [6.45, 7) is 5.20. The maximum Gasteiger partial charge on any atom is 0.179 e. The number of ether oxygens (including phenoxy) is 4. The van der Waals surface area contributed by atoms with Crippen molar-refractivity contribution in [2.75, 3.05) is 0 Å². The van der Waals surface area contributed by atoms with Crippen LogP contribution in [0.25, 0.3) is 0 Å². The van der Waals surface area contributed by atoms with Gasteiger partial charge in [-0.05, 0) is 138 Å². The summed E-state index contributed by atoms with van der Waals surface area (Å²) >= 11 is 0. The average Bonchev–Trinajstić information content (AvgIpc) is 3.80. The van der Waals surface area contributed by atoms with Crippen LogP contribution in [0.2, 0.25) is 37.3 Å². The Hall–Kier alpha value is 0.234. The molecule has 4 saturated heterocycles. The van der Waals surface area contributed by atoms with E-state index >= 15 is 0 Å². The van der Waals surface area contributed by atoms with Crippen LogP contribution in [-0.4, -0.2) is 65.5 Å². The monoisotopic (exact) mass is 602 g/mol. The van der Waals surface area contributed by atoms with Gasteiger partial charge in [0.25, 0.3) is 0 Å². The quantitative estimate of drug-likeness (QED) is 0.149. The summed E-state index contributed by atoms with van der Waals surface area (Å²) in [6.07, 6.45) is 26.6. The zero-order valence-electron chi connectivity index (χ0n) is 26.1. The molecule has 0 aromatic heterocycles. The minimum atomic E-state index is -1.89. The van der Waals surface area contributed by atoms with E-state index in [-0.39, 0.29) is 0 Å². The lowest BCUT2D eigenvalue weighted by atomic mass is 9.87. The van der Waals surface area contributed by atoms with Crippen molar-refractivity contribution in [1.82, 2.24) is 0 Å². The Balaban J connectivity index is 0.957. The number of epoxide rings is 4. The standard InChI is InChI=1S/C34H58O5Si2/c1-40(2,15-11-23-3-7-27-31(19-23)35-27)39-41(16-12-24-4-8-28-32(20-24)36-28,17-13-25-5-9-29-33(21-25)37-29)18-14-26-6-10-30-34(22-26)38-30/h23-34H,3-22H2,1-2H3. The smallest absolute Gasteiger partial charge is 0.179 e. The van der Waals surface area contributed by atoms with Gasteiger partial charge in [-0.1, -0.05) is 25.7 Å². The molecule has 4 aliphatic carbocycles. The van der Waals surface area contributed by atoms with E-state index in [4.69, 9.17) is 23.1 Å². The Morgan fingerprint density at radius 2 is 0.756 bits per heavy atom. The second-order valence-corrected chi connectivity index (χ2v) is 25.5. The molecule has 4 saturated carbocycles. The van der Waals surface area contributed by atoms with E-state index in [0.717, 1.165) is 23.7 Å². The van der Waals surface area contributed by atoms with Crippen molar-refractivity contribution in [1.29, 1.82) is 0 Å². The molecule has 41 heavy (non-hydrogen) atoms. The molecular weight excluding hydrogens is 545 g/mol. The molecule has 12 unspecified atom stereocenters. The van der Waals surface area contributed by atoms with Gasteiger partial charge < -0.3 is 23.1 Å². The van der Waals surface area contributed by atoms with E-state index in [1.807, 2.05) is 0 Å². The van der Waals surface area contributed by atoms with Crippen LogP contribution in [0.3, 0.4) is 0 Å². The molecule has 0 spiro atoms. The Kier molecular flexibility index (Phi) is 8.08. The maximum absolute atomic E-state index is 7.89. The highest BCUT2D eigenvalue weighted by atomic mass is 28.4. The number of fused-ring (bicyclic) bond motifs is 4. The van der Waals surface area contributed by atoms with E-state index in [1.165, 1.54) is 127 Å². The summed E-state index contributed by atoms with van der Waals surface area (Å²) in [5.74, 6) is 3.50. The highest BCUT2D eigenvalue weighted by molar-refractivity contribution is 6.86. The Labute approximate surface area is 251 Å². The predicted octanol–water partition coefficient (Wildman–Crippen LogP) is 7.98. The summed E-state index contributed by atoms with van der Waals surface area (Å²) in [4.78, 5) is 0. The third-order valence-electron chi connectivity index (χ3n) is 13.1. The van der Waals surface area contributed by atoms with E-state index in [9.17, 15) is 0 Å². The second-order valence-electron chi connectivity index (χ2n) is 16.8. The molecule has 4 heterocycles. The van der Waals surface area contributed by atoms with Gasteiger partial charge in [0.1, 0.15) is 0 Å². The van der Waals surface area contributed by atoms with Crippen LogP contribution in [0.1, 0.15) is 103 Å². The molecule has 0 aromatic carbocycles. The van der Waals surface area contributed by atoms with E-state index < -0.39 is 16.6 Å². The van der Waals surface area contributed by atoms with Gasteiger partial charge in [-0.25, -0.2) is 0 Å². The first-order valence-electron chi connectivity index (χ1n) is 18.2. The van der Waals surface area contributed by atoms with Crippen molar-refractivity contribution in [2.24, 2.45) is 23.7 Å².